The maximum absolute atomic E-state index is 5.75. The summed E-state index contributed by atoms with van der Waals surface area (Å²) in [6, 6.07) is 15.4. The van der Waals surface area contributed by atoms with Crippen molar-refractivity contribution in [1.29, 1.82) is 0 Å². The number of halogens is 1. The van der Waals surface area contributed by atoms with Crippen LogP contribution in [0.4, 0.5) is 0 Å². The summed E-state index contributed by atoms with van der Waals surface area (Å²) in [5, 5.41) is 0. The van der Waals surface area contributed by atoms with Gasteiger partial charge in [-0.15, -0.1) is 0 Å². The molecule has 0 unspecified atom stereocenters. The van der Waals surface area contributed by atoms with Crippen LogP contribution >= 0.6 is 28.1 Å². The minimum atomic E-state index is 0.390. The average Bonchev–Trinajstić information content (AvgIpc) is 2.38. The van der Waals surface area contributed by atoms with Crippen LogP contribution in [0.15, 0.2) is 53.0 Å². The fourth-order valence-corrected chi connectivity index (χ4v) is 2.20. The van der Waals surface area contributed by atoms with Gasteiger partial charge in [0.15, 0.2) is 0 Å². The Labute approximate surface area is 120 Å². The van der Waals surface area contributed by atoms with Crippen LogP contribution < -0.4 is 10.5 Å². The first kappa shape index (κ1) is 13.1. The quantitative estimate of drug-likeness (QED) is 0.873. The minimum absolute atomic E-state index is 0.390. The summed E-state index contributed by atoms with van der Waals surface area (Å²) in [5.74, 6) is 0.801. The van der Waals surface area contributed by atoms with Gasteiger partial charge in [-0.1, -0.05) is 48.6 Å². The molecule has 4 heteroatoms. The van der Waals surface area contributed by atoms with Crippen molar-refractivity contribution in [2.75, 3.05) is 0 Å². The number of nitrogens with two attached hydrogens (primary N) is 1. The second kappa shape index (κ2) is 5.98. The Morgan fingerprint density at radius 3 is 2.50 bits per heavy atom. The van der Waals surface area contributed by atoms with Gasteiger partial charge in [-0.3, -0.25) is 0 Å². The van der Waals surface area contributed by atoms with Crippen molar-refractivity contribution in [3.63, 3.8) is 0 Å². The third-order valence-electron chi connectivity index (χ3n) is 2.50. The molecule has 0 aliphatic rings. The lowest BCUT2D eigenvalue weighted by Gasteiger charge is -2.11. The Morgan fingerprint density at radius 2 is 1.78 bits per heavy atom. The second-order valence-corrected chi connectivity index (χ2v) is 5.03. The molecule has 0 bridgehead atoms. The molecule has 18 heavy (non-hydrogen) atoms. The van der Waals surface area contributed by atoms with E-state index in [1.165, 1.54) is 0 Å². The van der Waals surface area contributed by atoms with Gasteiger partial charge in [0.05, 0.1) is 4.47 Å². The molecule has 0 saturated carbocycles. The molecule has 0 heterocycles. The van der Waals surface area contributed by atoms with E-state index in [0.717, 1.165) is 21.3 Å². The molecule has 0 fully saturated rings. The van der Waals surface area contributed by atoms with Gasteiger partial charge < -0.3 is 10.5 Å². The number of hydrogen-bond acceptors (Lipinski definition) is 2. The molecular formula is C14H12BrNOS. The third-order valence-corrected chi connectivity index (χ3v) is 3.38. The van der Waals surface area contributed by atoms with Gasteiger partial charge in [-0.2, -0.15) is 0 Å². The zero-order chi connectivity index (χ0) is 13.0. The molecule has 2 N–H and O–H groups in total. The number of para-hydroxylation sites is 1. The SMILES string of the molecule is NC(=S)c1ccccc1COc1ccccc1Br. The maximum Gasteiger partial charge on any atom is 0.133 e. The molecule has 2 aromatic carbocycles. The fraction of sp³-hybridized carbons (Fsp3) is 0.0714. The van der Waals surface area contributed by atoms with Crippen molar-refractivity contribution >= 4 is 33.1 Å². The van der Waals surface area contributed by atoms with Crippen LogP contribution in [0.25, 0.3) is 0 Å². The summed E-state index contributed by atoms with van der Waals surface area (Å²) in [6.45, 7) is 0.441. The van der Waals surface area contributed by atoms with Crippen molar-refractivity contribution in [3.8, 4) is 5.75 Å². The van der Waals surface area contributed by atoms with Crippen LogP contribution in [-0.2, 0) is 6.61 Å². The molecule has 2 rings (SSSR count). The van der Waals surface area contributed by atoms with E-state index < -0.39 is 0 Å². The molecule has 2 aromatic rings. The monoisotopic (exact) mass is 321 g/mol. The summed E-state index contributed by atoms with van der Waals surface area (Å²) in [7, 11) is 0. The summed E-state index contributed by atoms with van der Waals surface area (Å²) in [4.78, 5) is 0.390. The smallest absolute Gasteiger partial charge is 0.133 e. The molecule has 0 spiro atoms. The molecule has 0 aliphatic carbocycles. The Morgan fingerprint density at radius 1 is 1.11 bits per heavy atom. The number of hydrogen-bond donors (Lipinski definition) is 1. The van der Waals surface area contributed by atoms with E-state index in [0.29, 0.717) is 11.6 Å². The van der Waals surface area contributed by atoms with E-state index in [9.17, 15) is 0 Å². The normalized spacial score (nSPS) is 10.1. The Kier molecular flexibility index (Phi) is 4.33. The van der Waals surface area contributed by atoms with E-state index in [2.05, 4.69) is 15.9 Å². The van der Waals surface area contributed by atoms with E-state index in [-0.39, 0.29) is 0 Å². The van der Waals surface area contributed by atoms with Crippen molar-refractivity contribution in [1.82, 2.24) is 0 Å². The lowest BCUT2D eigenvalue weighted by Crippen LogP contribution is -2.13. The third kappa shape index (κ3) is 3.09. The molecule has 0 saturated heterocycles. The highest BCUT2D eigenvalue weighted by Crippen LogP contribution is 2.25. The van der Waals surface area contributed by atoms with E-state index >= 15 is 0 Å². The van der Waals surface area contributed by atoms with Gasteiger partial charge >= 0.3 is 0 Å². The van der Waals surface area contributed by atoms with Crippen LogP contribution in [0, 0.1) is 0 Å². The summed E-state index contributed by atoms with van der Waals surface area (Å²) in [5.41, 5.74) is 7.53. The Hall–Kier alpha value is -1.39. The number of thiocarbonyl (C=S) groups is 1. The van der Waals surface area contributed by atoms with Gasteiger partial charge in [-0.25, -0.2) is 0 Å². The highest BCUT2D eigenvalue weighted by Gasteiger charge is 2.06. The molecule has 0 atom stereocenters. The average molecular weight is 322 g/mol. The highest BCUT2D eigenvalue weighted by molar-refractivity contribution is 9.10. The molecule has 2 nitrogen and oxygen atoms in total. The van der Waals surface area contributed by atoms with Crippen LogP contribution in [-0.4, -0.2) is 4.99 Å². The van der Waals surface area contributed by atoms with Gasteiger partial charge in [0.2, 0.25) is 0 Å². The minimum Gasteiger partial charge on any atom is -0.488 e. The van der Waals surface area contributed by atoms with Gasteiger partial charge in [0.25, 0.3) is 0 Å². The van der Waals surface area contributed by atoms with Crippen molar-refractivity contribution in [3.05, 3.63) is 64.1 Å². The van der Waals surface area contributed by atoms with E-state index in [1.54, 1.807) is 0 Å². The van der Waals surface area contributed by atoms with Gasteiger partial charge in [-0.05, 0) is 33.6 Å². The Balaban J connectivity index is 2.16. The van der Waals surface area contributed by atoms with Gasteiger partial charge in [0, 0.05) is 5.56 Å². The number of rotatable bonds is 4. The first-order valence-electron chi connectivity index (χ1n) is 5.43. The molecular weight excluding hydrogens is 310 g/mol. The predicted octanol–water partition coefficient (Wildman–Crippen LogP) is 3.66. The molecule has 92 valence electrons. The summed E-state index contributed by atoms with van der Waals surface area (Å²) >= 11 is 8.46. The first-order valence-corrected chi connectivity index (χ1v) is 6.63. The van der Waals surface area contributed by atoms with Gasteiger partial charge in [0.1, 0.15) is 17.3 Å². The zero-order valence-electron chi connectivity index (χ0n) is 9.60. The van der Waals surface area contributed by atoms with Crippen LogP contribution in [0.1, 0.15) is 11.1 Å². The molecule has 0 amide bonds. The molecule has 0 aromatic heterocycles. The van der Waals surface area contributed by atoms with Crippen molar-refractivity contribution < 1.29 is 4.74 Å². The van der Waals surface area contributed by atoms with Crippen molar-refractivity contribution in [2.45, 2.75) is 6.61 Å². The Bertz CT molecular complexity index is 571. The van der Waals surface area contributed by atoms with Crippen LogP contribution in [0.5, 0.6) is 5.75 Å². The number of benzene rings is 2. The van der Waals surface area contributed by atoms with Crippen molar-refractivity contribution in [2.24, 2.45) is 5.73 Å². The first-order chi connectivity index (χ1) is 8.68. The van der Waals surface area contributed by atoms with E-state index in [4.69, 9.17) is 22.7 Å². The standard InChI is InChI=1S/C14H12BrNOS/c15-12-7-3-4-8-13(12)17-9-10-5-1-2-6-11(10)14(16)18/h1-8H,9H2,(H2,16,18). The lowest BCUT2D eigenvalue weighted by atomic mass is 10.1. The summed E-state index contributed by atoms with van der Waals surface area (Å²) < 4.78 is 6.68. The second-order valence-electron chi connectivity index (χ2n) is 3.74. The predicted molar refractivity (Wildman–Crippen MR) is 80.8 cm³/mol. The largest absolute Gasteiger partial charge is 0.488 e. The maximum atomic E-state index is 5.75. The lowest BCUT2D eigenvalue weighted by molar-refractivity contribution is 0.304. The summed E-state index contributed by atoms with van der Waals surface area (Å²) in [6.07, 6.45) is 0. The highest BCUT2D eigenvalue weighted by atomic mass is 79.9. The molecule has 0 radical (unpaired) electrons. The number of ether oxygens (including phenoxy) is 1. The molecule has 0 aliphatic heterocycles. The van der Waals surface area contributed by atoms with E-state index in [1.807, 2.05) is 48.5 Å². The fourth-order valence-electron chi connectivity index (χ4n) is 1.60. The zero-order valence-corrected chi connectivity index (χ0v) is 12.0. The topological polar surface area (TPSA) is 35.2 Å². The van der Waals surface area contributed by atoms with Crippen LogP contribution in [0.2, 0.25) is 0 Å². The van der Waals surface area contributed by atoms with Crippen LogP contribution in [0.3, 0.4) is 0 Å².